The molecule has 7 heteroatoms. The second kappa shape index (κ2) is 9.05. The molecule has 2 aliphatic rings. The van der Waals surface area contributed by atoms with Crippen LogP contribution in [0, 0.1) is 13.8 Å². The van der Waals surface area contributed by atoms with Gasteiger partial charge in [-0.15, -0.1) is 0 Å². The van der Waals surface area contributed by atoms with Crippen molar-refractivity contribution in [1.29, 1.82) is 0 Å². The number of hydrogen-bond donors (Lipinski definition) is 1. The number of anilines is 1. The van der Waals surface area contributed by atoms with Gasteiger partial charge < -0.3 is 10.2 Å². The number of rotatable bonds is 5. The molecule has 2 aromatic rings. The average Bonchev–Trinajstić information content (AvgIpc) is 3.10. The molecule has 1 atom stereocenters. The maximum atomic E-state index is 13.7. The van der Waals surface area contributed by atoms with Crippen molar-refractivity contribution < 1.29 is 19.2 Å². The van der Waals surface area contributed by atoms with Crippen molar-refractivity contribution in [3.63, 3.8) is 0 Å². The lowest BCUT2D eigenvalue weighted by molar-refractivity contribution is -0.148. The van der Waals surface area contributed by atoms with E-state index >= 15 is 0 Å². The Morgan fingerprint density at radius 2 is 1.44 bits per heavy atom. The molecule has 1 saturated carbocycles. The summed E-state index contributed by atoms with van der Waals surface area (Å²) in [5.74, 6) is -1.61. The number of nitrogens with zero attached hydrogens (tertiary/aromatic N) is 2. The van der Waals surface area contributed by atoms with Crippen molar-refractivity contribution in [3.8, 4) is 0 Å². The van der Waals surface area contributed by atoms with Gasteiger partial charge in [-0.1, -0.05) is 49.6 Å². The molecule has 0 unspecified atom stereocenters. The summed E-state index contributed by atoms with van der Waals surface area (Å²) in [7, 11) is 1.62. The van der Waals surface area contributed by atoms with E-state index in [2.05, 4.69) is 5.32 Å². The number of hydrogen-bond acceptors (Lipinski definition) is 4. The number of para-hydroxylation sites is 1. The van der Waals surface area contributed by atoms with Gasteiger partial charge in [-0.25, -0.2) is 0 Å². The highest BCUT2D eigenvalue weighted by Gasteiger charge is 2.49. The molecule has 178 valence electrons. The number of fused-ring (bicyclic) bond motifs is 1. The first-order valence-electron chi connectivity index (χ1n) is 11.8. The molecular formula is C27H31N3O4. The number of benzene rings is 2. The number of aryl methyl sites for hydroxylation is 2. The monoisotopic (exact) mass is 461 g/mol. The zero-order chi connectivity index (χ0) is 24.6. The van der Waals surface area contributed by atoms with Crippen molar-refractivity contribution in [3.05, 3.63) is 64.7 Å². The summed E-state index contributed by atoms with van der Waals surface area (Å²) in [6.45, 7) is 5.44. The molecule has 7 nitrogen and oxygen atoms in total. The second-order valence-corrected chi connectivity index (χ2v) is 9.41. The number of amides is 4. The molecule has 0 bridgehead atoms. The quantitative estimate of drug-likeness (QED) is 0.680. The largest absolute Gasteiger partial charge is 0.329 e. The lowest BCUT2D eigenvalue weighted by Crippen LogP contribution is -2.62. The van der Waals surface area contributed by atoms with Gasteiger partial charge in [-0.2, -0.15) is 0 Å². The van der Waals surface area contributed by atoms with Crippen LogP contribution in [0.15, 0.2) is 42.5 Å². The number of carbonyl (C=O) groups excluding carboxylic acids is 4. The Labute approximate surface area is 200 Å². The van der Waals surface area contributed by atoms with Crippen molar-refractivity contribution in [2.45, 2.75) is 64.5 Å². The Balaban J connectivity index is 1.62. The van der Waals surface area contributed by atoms with Gasteiger partial charge in [0.2, 0.25) is 11.8 Å². The number of likely N-dealkylation sites (N-methyl/N-ethyl adjacent to an activating group) is 1. The summed E-state index contributed by atoms with van der Waals surface area (Å²) in [5, 5.41) is 3.08. The molecule has 2 aromatic carbocycles. The van der Waals surface area contributed by atoms with E-state index in [1.165, 1.54) is 4.90 Å². The number of carbonyl (C=O) groups is 4. The van der Waals surface area contributed by atoms with E-state index in [-0.39, 0.29) is 5.91 Å². The minimum absolute atomic E-state index is 0.227. The third-order valence-electron chi connectivity index (χ3n) is 7.37. The molecular weight excluding hydrogens is 430 g/mol. The fourth-order valence-electron chi connectivity index (χ4n) is 5.25. The number of imide groups is 1. The van der Waals surface area contributed by atoms with Crippen LogP contribution < -0.4 is 5.32 Å². The average molecular weight is 462 g/mol. The molecule has 4 amide bonds. The van der Waals surface area contributed by atoms with Gasteiger partial charge in [0.25, 0.3) is 11.8 Å². The van der Waals surface area contributed by atoms with Crippen LogP contribution in [0.5, 0.6) is 0 Å². The van der Waals surface area contributed by atoms with Crippen molar-refractivity contribution in [2.24, 2.45) is 0 Å². The van der Waals surface area contributed by atoms with Crippen LogP contribution in [-0.2, 0) is 9.59 Å². The van der Waals surface area contributed by atoms with Crippen LogP contribution in [0.1, 0.15) is 70.9 Å². The topological polar surface area (TPSA) is 86.8 Å². The van der Waals surface area contributed by atoms with Gasteiger partial charge in [0.15, 0.2) is 0 Å². The van der Waals surface area contributed by atoms with Gasteiger partial charge in [-0.3, -0.25) is 24.1 Å². The first-order chi connectivity index (χ1) is 16.2. The van der Waals surface area contributed by atoms with E-state index in [4.69, 9.17) is 0 Å². The highest BCUT2D eigenvalue weighted by atomic mass is 16.2. The first-order valence-corrected chi connectivity index (χ1v) is 11.8. The standard InChI is InChI=1S/C27H31N3O4/c1-17-11-10-12-18(2)22(17)28-26(34)27(15-8-5-9-16-27)29(4)23(31)19(3)30-24(32)20-13-6-7-14-21(20)25(30)33/h6-7,10-14,19H,5,8-9,15-16H2,1-4H3,(H,28,34)/t19-/m1/s1. The van der Waals surface area contributed by atoms with Crippen LogP contribution in [0.3, 0.4) is 0 Å². The van der Waals surface area contributed by atoms with Crippen molar-refractivity contribution in [1.82, 2.24) is 9.80 Å². The van der Waals surface area contributed by atoms with Crippen molar-refractivity contribution >= 4 is 29.3 Å². The van der Waals surface area contributed by atoms with Crippen LogP contribution in [0.4, 0.5) is 5.69 Å². The molecule has 0 aromatic heterocycles. The molecule has 1 aliphatic carbocycles. The fourth-order valence-corrected chi connectivity index (χ4v) is 5.25. The van der Waals surface area contributed by atoms with E-state index in [1.54, 1.807) is 38.2 Å². The minimum Gasteiger partial charge on any atom is -0.329 e. The third kappa shape index (κ3) is 3.79. The summed E-state index contributed by atoms with van der Waals surface area (Å²) < 4.78 is 0. The smallest absolute Gasteiger partial charge is 0.262 e. The second-order valence-electron chi connectivity index (χ2n) is 9.41. The summed E-state index contributed by atoms with van der Waals surface area (Å²) in [6.07, 6.45) is 3.69. The van der Waals surface area contributed by atoms with Gasteiger partial charge in [-0.05, 0) is 56.9 Å². The highest BCUT2D eigenvalue weighted by Crippen LogP contribution is 2.36. The van der Waals surface area contributed by atoms with E-state index < -0.39 is 29.3 Å². The minimum atomic E-state index is -1.04. The lowest BCUT2D eigenvalue weighted by Gasteiger charge is -2.44. The van der Waals surface area contributed by atoms with E-state index in [0.29, 0.717) is 24.0 Å². The van der Waals surface area contributed by atoms with Gasteiger partial charge in [0.05, 0.1) is 11.1 Å². The summed E-state index contributed by atoms with van der Waals surface area (Å²) in [6, 6.07) is 11.4. The Bertz CT molecular complexity index is 1110. The lowest BCUT2D eigenvalue weighted by atomic mass is 9.79. The zero-order valence-corrected chi connectivity index (χ0v) is 20.2. The zero-order valence-electron chi connectivity index (χ0n) is 20.2. The first kappa shape index (κ1) is 23.7. The van der Waals surface area contributed by atoms with E-state index in [9.17, 15) is 19.2 Å². The molecule has 1 N–H and O–H groups in total. The van der Waals surface area contributed by atoms with Crippen LogP contribution >= 0.6 is 0 Å². The van der Waals surface area contributed by atoms with Crippen LogP contribution in [-0.4, -0.2) is 52.1 Å². The molecule has 0 radical (unpaired) electrons. The molecule has 0 saturated heterocycles. The maximum absolute atomic E-state index is 13.7. The van der Waals surface area contributed by atoms with Crippen LogP contribution in [0.2, 0.25) is 0 Å². The molecule has 4 rings (SSSR count). The summed E-state index contributed by atoms with van der Waals surface area (Å²) in [5.41, 5.74) is 2.22. The van der Waals surface area contributed by atoms with Crippen LogP contribution in [0.25, 0.3) is 0 Å². The molecule has 34 heavy (non-hydrogen) atoms. The predicted molar refractivity (Wildman–Crippen MR) is 130 cm³/mol. The Hall–Kier alpha value is -3.48. The number of nitrogens with one attached hydrogen (secondary N) is 1. The molecule has 1 fully saturated rings. The van der Waals surface area contributed by atoms with E-state index in [1.807, 2.05) is 32.0 Å². The fraction of sp³-hybridized carbons (Fsp3) is 0.407. The Morgan fingerprint density at radius 1 is 0.912 bits per heavy atom. The Morgan fingerprint density at radius 3 is 1.97 bits per heavy atom. The van der Waals surface area contributed by atoms with Crippen molar-refractivity contribution in [2.75, 3.05) is 12.4 Å². The van der Waals surface area contributed by atoms with Gasteiger partial charge in [0, 0.05) is 12.7 Å². The third-order valence-corrected chi connectivity index (χ3v) is 7.37. The maximum Gasteiger partial charge on any atom is 0.262 e. The Kier molecular flexibility index (Phi) is 6.30. The van der Waals surface area contributed by atoms with Gasteiger partial charge >= 0.3 is 0 Å². The highest BCUT2D eigenvalue weighted by molar-refractivity contribution is 6.22. The predicted octanol–water partition coefficient (Wildman–Crippen LogP) is 4.09. The normalized spacial score (nSPS) is 17.8. The summed E-state index contributed by atoms with van der Waals surface area (Å²) >= 11 is 0. The van der Waals surface area contributed by atoms with Gasteiger partial charge in [0.1, 0.15) is 11.6 Å². The molecule has 1 aliphatic heterocycles. The molecule has 0 spiro atoms. The SMILES string of the molecule is Cc1cccc(C)c1NC(=O)C1(N(C)C(=O)[C@@H](C)N2C(=O)c3ccccc3C2=O)CCCCC1. The van der Waals surface area contributed by atoms with E-state index in [0.717, 1.165) is 41.0 Å². The summed E-state index contributed by atoms with van der Waals surface area (Å²) in [4.78, 5) is 55.8. The molecule has 1 heterocycles.